The van der Waals surface area contributed by atoms with Crippen molar-refractivity contribution >= 4 is 23.4 Å². The Bertz CT molecular complexity index is 783. The van der Waals surface area contributed by atoms with E-state index in [-0.39, 0.29) is 42.5 Å². The lowest BCUT2D eigenvalue weighted by molar-refractivity contribution is -0.471. The van der Waals surface area contributed by atoms with Crippen LogP contribution in [-0.4, -0.2) is 55.6 Å². The molecule has 1 aliphatic heterocycles. The van der Waals surface area contributed by atoms with Crippen LogP contribution in [0.3, 0.4) is 0 Å². The van der Waals surface area contributed by atoms with Crippen LogP contribution >= 0.6 is 11.6 Å². The summed E-state index contributed by atoms with van der Waals surface area (Å²) in [6, 6.07) is 2.50. The molecular weight excluding hydrogens is 431 g/mol. The van der Waals surface area contributed by atoms with Crippen LogP contribution in [-0.2, 0) is 19.5 Å². The minimum Gasteiger partial charge on any atom is -0.484 e. The Hall–Kier alpha value is -2.34. The number of carbonyl (C=O) groups is 2. The normalized spacial score (nSPS) is 19.4. The molecule has 1 fully saturated rings. The van der Waals surface area contributed by atoms with Gasteiger partial charge in [-0.05, 0) is 12.1 Å². The maximum Gasteiger partial charge on any atom is 0.262 e. The topological polar surface area (TPSA) is 89.1 Å². The third kappa shape index (κ3) is 7.17. The predicted octanol–water partition coefficient (Wildman–Crippen LogP) is 2.20. The van der Waals surface area contributed by atoms with E-state index < -0.39 is 36.2 Å². The first kappa shape index (κ1) is 23.9. The fraction of sp³-hybridized carbons (Fsp3) is 0.444. The van der Waals surface area contributed by atoms with Crippen LogP contribution in [0, 0.1) is 5.82 Å². The Morgan fingerprint density at radius 1 is 1.43 bits per heavy atom. The van der Waals surface area contributed by atoms with E-state index in [1.54, 1.807) is 0 Å². The Morgan fingerprint density at radius 3 is 2.83 bits per heavy atom. The van der Waals surface area contributed by atoms with Crippen molar-refractivity contribution in [3.63, 3.8) is 0 Å². The molecule has 2 N–H and O–H groups in total. The highest BCUT2D eigenvalue weighted by Crippen LogP contribution is 2.22. The number of nitrogens with one attached hydrogen (secondary N) is 2. The van der Waals surface area contributed by atoms with Crippen molar-refractivity contribution in [2.75, 3.05) is 20.2 Å². The van der Waals surface area contributed by atoms with Crippen LogP contribution in [0.2, 0.25) is 5.02 Å². The van der Waals surface area contributed by atoms with Crippen LogP contribution in [0.1, 0.15) is 12.8 Å². The highest BCUT2D eigenvalue weighted by molar-refractivity contribution is 6.30. The smallest absolute Gasteiger partial charge is 0.262 e. The molecule has 1 aliphatic rings. The first-order chi connectivity index (χ1) is 14.2. The molecule has 0 saturated carbocycles. The van der Waals surface area contributed by atoms with E-state index in [4.69, 9.17) is 21.2 Å². The van der Waals surface area contributed by atoms with E-state index in [1.807, 2.05) is 0 Å². The second kappa shape index (κ2) is 11.2. The van der Waals surface area contributed by atoms with E-state index in [0.29, 0.717) is 0 Å². The van der Waals surface area contributed by atoms with E-state index in [0.717, 1.165) is 11.1 Å². The second-order valence-electron chi connectivity index (χ2n) is 6.40. The molecule has 8 nitrogen and oxygen atoms in total. The molecule has 12 heteroatoms. The number of benzene rings is 1. The highest BCUT2D eigenvalue weighted by atomic mass is 35.5. The summed E-state index contributed by atoms with van der Waals surface area (Å²) in [5, 5.41) is 5.75. The SMILES string of the molecule is C=C(CCNC(=O)C1CC(C(F)F)N(C)OO1)NC(=O)COc1ccc(Cl)c(F)c1. The molecular formula is C18H21ClF3N3O5. The lowest BCUT2D eigenvalue weighted by Gasteiger charge is -2.33. The summed E-state index contributed by atoms with van der Waals surface area (Å²) in [5.74, 6) is -1.70. The van der Waals surface area contributed by atoms with Crippen molar-refractivity contribution in [1.82, 2.24) is 15.7 Å². The number of carbonyl (C=O) groups excluding carboxylic acids is 2. The lowest BCUT2D eigenvalue weighted by Crippen LogP contribution is -2.50. The van der Waals surface area contributed by atoms with Gasteiger partial charge in [-0.1, -0.05) is 18.2 Å². The van der Waals surface area contributed by atoms with Crippen molar-refractivity contribution in [2.45, 2.75) is 31.4 Å². The van der Waals surface area contributed by atoms with Gasteiger partial charge in [0.05, 0.1) is 5.02 Å². The molecule has 0 spiro atoms. The maximum atomic E-state index is 13.3. The van der Waals surface area contributed by atoms with Gasteiger partial charge in [0.15, 0.2) is 12.7 Å². The molecule has 2 amide bonds. The minimum atomic E-state index is -2.70. The summed E-state index contributed by atoms with van der Waals surface area (Å²) in [4.78, 5) is 33.3. The molecule has 1 aromatic rings. The summed E-state index contributed by atoms with van der Waals surface area (Å²) in [5.41, 5.74) is 0.289. The van der Waals surface area contributed by atoms with E-state index in [1.165, 1.54) is 19.2 Å². The molecule has 1 saturated heterocycles. The van der Waals surface area contributed by atoms with Gasteiger partial charge in [0, 0.05) is 38.2 Å². The predicted molar refractivity (Wildman–Crippen MR) is 99.9 cm³/mol. The van der Waals surface area contributed by atoms with Gasteiger partial charge in [-0.25, -0.2) is 18.1 Å². The van der Waals surface area contributed by atoms with Crippen molar-refractivity contribution in [2.24, 2.45) is 0 Å². The van der Waals surface area contributed by atoms with Crippen molar-refractivity contribution < 1.29 is 37.4 Å². The van der Waals surface area contributed by atoms with Crippen LogP contribution in [0.5, 0.6) is 5.75 Å². The Morgan fingerprint density at radius 2 is 2.17 bits per heavy atom. The summed E-state index contributed by atoms with van der Waals surface area (Å²) in [6.07, 6.45) is -3.94. The molecule has 2 rings (SSSR count). The summed E-state index contributed by atoms with van der Waals surface area (Å²) in [6.45, 7) is 3.34. The van der Waals surface area contributed by atoms with Crippen LogP contribution in [0.4, 0.5) is 13.2 Å². The quantitative estimate of drug-likeness (QED) is 0.560. The molecule has 2 unspecified atom stereocenters. The first-order valence-corrected chi connectivity index (χ1v) is 9.22. The van der Waals surface area contributed by atoms with Crippen molar-refractivity contribution in [3.05, 3.63) is 41.3 Å². The zero-order chi connectivity index (χ0) is 22.3. The molecule has 1 aromatic carbocycles. The monoisotopic (exact) mass is 451 g/mol. The van der Waals surface area contributed by atoms with Crippen molar-refractivity contribution in [3.8, 4) is 5.75 Å². The zero-order valence-corrected chi connectivity index (χ0v) is 16.8. The Balaban J connectivity index is 1.67. The molecule has 1 heterocycles. The van der Waals surface area contributed by atoms with Gasteiger partial charge < -0.3 is 15.4 Å². The average molecular weight is 452 g/mol. The third-order valence-electron chi connectivity index (χ3n) is 4.09. The van der Waals surface area contributed by atoms with Crippen LogP contribution in [0.25, 0.3) is 0 Å². The Kier molecular flexibility index (Phi) is 8.90. The van der Waals surface area contributed by atoms with Gasteiger partial charge in [0.2, 0.25) is 0 Å². The number of halogens is 4. The standard InChI is InChI=1S/C18H21ClF3N3O5/c1-10(24-16(26)9-28-11-3-4-12(19)13(20)7-11)5-6-23-18(27)15-8-14(17(21)22)25(2)30-29-15/h3-4,7,14-15,17H,1,5-6,8-9H2,2H3,(H,23,27)(H,24,26). The number of nitrogens with zero attached hydrogens (tertiary/aromatic N) is 1. The third-order valence-corrected chi connectivity index (χ3v) is 4.39. The number of hydrogen-bond acceptors (Lipinski definition) is 6. The number of amides is 2. The van der Waals surface area contributed by atoms with Gasteiger partial charge in [-0.2, -0.15) is 5.06 Å². The molecule has 30 heavy (non-hydrogen) atoms. The minimum absolute atomic E-state index is 0.0656. The number of hydroxylamine groups is 2. The van der Waals surface area contributed by atoms with Gasteiger partial charge in [-0.3, -0.25) is 9.59 Å². The molecule has 0 aromatic heterocycles. The van der Waals surface area contributed by atoms with Gasteiger partial charge >= 0.3 is 0 Å². The van der Waals surface area contributed by atoms with Gasteiger partial charge in [0.25, 0.3) is 18.2 Å². The van der Waals surface area contributed by atoms with Crippen LogP contribution < -0.4 is 15.4 Å². The highest BCUT2D eigenvalue weighted by Gasteiger charge is 2.38. The number of alkyl halides is 2. The zero-order valence-electron chi connectivity index (χ0n) is 16.0. The molecule has 0 aliphatic carbocycles. The lowest BCUT2D eigenvalue weighted by atomic mass is 10.1. The van der Waals surface area contributed by atoms with Gasteiger partial charge in [-0.15, -0.1) is 4.99 Å². The van der Waals surface area contributed by atoms with E-state index >= 15 is 0 Å². The Labute approximate surface area is 175 Å². The molecule has 166 valence electrons. The number of ether oxygens (including phenoxy) is 1. The fourth-order valence-corrected chi connectivity index (χ4v) is 2.57. The largest absolute Gasteiger partial charge is 0.484 e. The van der Waals surface area contributed by atoms with E-state index in [9.17, 15) is 22.8 Å². The second-order valence-corrected chi connectivity index (χ2v) is 6.81. The molecule has 0 radical (unpaired) electrons. The first-order valence-electron chi connectivity index (χ1n) is 8.85. The summed E-state index contributed by atoms with van der Waals surface area (Å²) >= 11 is 5.56. The summed E-state index contributed by atoms with van der Waals surface area (Å²) < 4.78 is 44.3. The summed E-state index contributed by atoms with van der Waals surface area (Å²) in [7, 11) is 1.28. The van der Waals surface area contributed by atoms with E-state index in [2.05, 4.69) is 22.2 Å². The average Bonchev–Trinajstić information content (AvgIpc) is 2.68. The van der Waals surface area contributed by atoms with Gasteiger partial charge in [0.1, 0.15) is 17.6 Å². The number of rotatable bonds is 9. The van der Waals surface area contributed by atoms with Crippen LogP contribution in [0.15, 0.2) is 30.5 Å². The number of hydrogen-bond donors (Lipinski definition) is 2. The van der Waals surface area contributed by atoms with Crippen molar-refractivity contribution in [1.29, 1.82) is 0 Å². The molecule has 0 bridgehead atoms. The molecule has 2 atom stereocenters. The fourth-order valence-electron chi connectivity index (χ4n) is 2.46. The maximum absolute atomic E-state index is 13.3.